The first-order valence-electron chi connectivity index (χ1n) is 13.3. The van der Waals surface area contributed by atoms with E-state index in [4.69, 9.17) is 0 Å². The molecule has 4 fully saturated rings. The summed E-state index contributed by atoms with van der Waals surface area (Å²) in [6, 6.07) is 0. The van der Waals surface area contributed by atoms with Crippen LogP contribution in [0.15, 0.2) is 23.3 Å². The van der Waals surface area contributed by atoms with Crippen LogP contribution in [0.5, 0.6) is 0 Å². The quantitative estimate of drug-likeness (QED) is 0.493. The zero-order valence-electron chi connectivity index (χ0n) is 20.7. The molecule has 5 rings (SSSR count). The zero-order valence-corrected chi connectivity index (χ0v) is 20.7. The van der Waals surface area contributed by atoms with Crippen LogP contribution in [0.2, 0.25) is 0 Å². The fourth-order valence-electron chi connectivity index (χ4n) is 9.58. The highest BCUT2D eigenvalue weighted by molar-refractivity contribution is 5.37. The molecule has 2 nitrogen and oxygen atoms in total. The highest BCUT2D eigenvalue weighted by Gasteiger charge is 2.67. The summed E-state index contributed by atoms with van der Waals surface area (Å²) in [6.45, 7) is 11.8. The van der Waals surface area contributed by atoms with E-state index in [1.165, 1.54) is 50.5 Å². The van der Waals surface area contributed by atoms with Gasteiger partial charge in [0.05, 0.1) is 12.2 Å². The van der Waals surface area contributed by atoms with Gasteiger partial charge in [0.25, 0.3) is 0 Å². The molecule has 0 heterocycles. The maximum atomic E-state index is 11.7. The summed E-state index contributed by atoms with van der Waals surface area (Å²) < 4.78 is 0. The van der Waals surface area contributed by atoms with Crippen LogP contribution in [-0.2, 0) is 0 Å². The van der Waals surface area contributed by atoms with Crippen LogP contribution in [-0.4, -0.2) is 22.4 Å². The molecule has 5 aliphatic rings. The molecule has 1 spiro atoms. The first-order chi connectivity index (χ1) is 14.6. The van der Waals surface area contributed by atoms with Crippen LogP contribution in [0, 0.1) is 45.8 Å². The third kappa shape index (κ3) is 3.10. The Bertz CT molecular complexity index is 772. The zero-order chi connectivity index (χ0) is 22.2. The molecule has 0 amide bonds. The van der Waals surface area contributed by atoms with E-state index in [1.807, 2.05) is 0 Å². The molecule has 31 heavy (non-hydrogen) atoms. The molecule has 0 bridgehead atoms. The van der Waals surface area contributed by atoms with E-state index in [9.17, 15) is 10.2 Å². The van der Waals surface area contributed by atoms with Crippen molar-refractivity contribution in [2.45, 2.75) is 111 Å². The first-order valence-corrected chi connectivity index (χ1v) is 13.3. The van der Waals surface area contributed by atoms with E-state index in [0.717, 1.165) is 25.2 Å². The molecule has 5 aliphatic carbocycles. The molecule has 0 unspecified atom stereocenters. The predicted molar refractivity (Wildman–Crippen MR) is 127 cm³/mol. The molecular weight excluding hydrogens is 380 g/mol. The molecule has 0 radical (unpaired) electrons. The summed E-state index contributed by atoms with van der Waals surface area (Å²) in [5, 5.41) is 22.5. The lowest BCUT2D eigenvalue weighted by Crippen LogP contribution is -2.57. The van der Waals surface area contributed by atoms with Gasteiger partial charge in [-0.15, -0.1) is 0 Å². The lowest BCUT2D eigenvalue weighted by atomic mass is 9.44. The Morgan fingerprint density at radius 1 is 1.06 bits per heavy atom. The lowest BCUT2D eigenvalue weighted by Gasteiger charge is -2.61. The van der Waals surface area contributed by atoms with Gasteiger partial charge in [-0.3, -0.25) is 0 Å². The van der Waals surface area contributed by atoms with Crippen LogP contribution in [0.4, 0.5) is 0 Å². The van der Waals surface area contributed by atoms with E-state index >= 15 is 0 Å². The summed E-state index contributed by atoms with van der Waals surface area (Å²) in [7, 11) is 0. The summed E-state index contributed by atoms with van der Waals surface area (Å²) >= 11 is 0. The van der Waals surface area contributed by atoms with E-state index in [2.05, 4.69) is 46.8 Å². The van der Waals surface area contributed by atoms with Gasteiger partial charge in [-0.25, -0.2) is 0 Å². The molecular formula is C29H46O2. The molecule has 0 saturated heterocycles. The van der Waals surface area contributed by atoms with E-state index in [-0.39, 0.29) is 28.5 Å². The predicted octanol–water partition coefficient (Wildman–Crippen LogP) is 6.67. The normalized spacial score (nSPS) is 48.3. The number of rotatable bonds is 4. The van der Waals surface area contributed by atoms with E-state index in [0.29, 0.717) is 23.7 Å². The van der Waals surface area contributed by atoms with Crippen LogP contribution in [0.25, 0.3) is 0 Å². The van der Waals surface area contributed by atoms with Crippen molar-refractivity contribution in [3.8, 4) is 0 Å². The van der Waals surface area contributed by atoms with Gasteiger partial charge < -0.3 is 10.2 Å². The van der Waals surface area contributed by atoms with Gasteiger partial charge in [-0.2, -0.15) is 0 Å². The van der Waals surface area contributed by atoms with E-state index < -0.39 is 0 Å². The molecule has 2 N–H and O–H groups in total. The van der Waals surface area contributed by atoms with Crippen molar-refractivity contribution in [1.82, 2.24) is 0 Å². The second-order valence-corrected chi connectivity index (χ2v) is 13.0. The number of hydrogen-bond donors (Lipinski definition) is 2. The van der Waals surface area contributed by atoms with Crippen molar-refractivity contribution in [1.29, 1.82) is 0 Å². The summed E-state index contributed by atoms with van der Waals surface area (Å²) in [4.78, 5) is 0. The van der Waals surface area contributed by atoms with Crippen molar-refractivity contribution in [3.05, 3.63) is 23.3 Å². The van der Waals surface area contributed by atoms with Crippen molar-refractivity contribution < 1.29 is 10.2 Å². The fourth-order valence-corrected chi connectivity index (χ4v) is 9.58. The third-order valence-corrected chi connectivity index (χ3v) is 11.4. The number of hydrogen-bond acceptors (Lipinski definition) is 2. The minimum absolute atomic E-state index is 0.0821. The van der Waals surface area contributed by atoms with Crippen LogP contribution >= 0.6 is 0 Å². The smallest absolute Gasteiger partial charge is 0.0634 e. The average molecular weight is 427 g/mol. The van der Waals surface area contributed by atoms with Gasteiger partial charge in [0.1, 0.15) is 0 Å². The van der Waals surface area contributed by atoms with Crippen molar-refractivity contribution in [2.24, 2.45) is 45.8 Å². The average Bonchev–Trinajstić information content (AvgIpc) is 3.42. The third-order valence-electron chi connectivity index (χ3n) is 11.4. The van der Waals surface area contributed by atoms with Gasteiger partial charge in [-0.05, 0) is 118 Å². The monoisotopic (exact) mass is 426 g/mol. The molecule has 4 saturated carbocycles. The Morgan fingerprint density at radius 3 is 2.48 bits per heavy atom. The topological polar surface area (TPSA) is 40.5 Å². The van der Waals surface area contributed by atoms with Gasteiger partial charge >= 0.3 is 0 Å². The molecule has 0 aromatic rings. The standard InChI is InChI=1S/C29H46O2/c1-18(2)7-6-8-19(3)21-10-11-22-20-9-12-24-27(4,14-13-25(30)29(24)15-16-29)23(20)17-26(31)28(21,22)5/h7,12,19-23,25-26,30-31H,6,8-11,13-17H2,1-5H3/t19-,20+,21-,22+,23+,25+,26+,27-,28-/m1/s1. The number of allylic oxidation sites excluding steroid dienone is 3. The second kappa shape index (κ2) is 7.45. The van der Waals surface area contributed by atoms with E-state index in [1.54, 1.807) is 5.57 Å². The number of fused-ring (bicyclic) bond motifs is 6. The van der Waals surface area contributed by atoms with Gasteiger partial charge in [-0.1, -0.05) is 44.1 Å². The number of aliphatic hydroxyl groups excluding tert-OH is 2. The lowest BCUT2D eigenvalue weighted by molar-refractivity contribution is -0.140. The van der Waals surface area contributed by atoms with Crippen molar-refractivity contribution >= 4 is 0 Å². The largest absolute Gasteiger partial charge is 0.393 e. The molecule has 2 heteroatoms. The van der Waals surface area contributed by atoms with Gasteiger partial charge in [0.15, 0.2) is 0 Å². The molecule has 0 aromatic heterocycles. The summed E-state index contributed by atoms with van der Waals surface area (Å²) in [5.41, 5.74) is 3.42. The Kier molecular flexibility index (Phi) is 5.34. The van der Waals surface area contributed by atoms with Gasteiger partial charge in [0.2, 0.25) is 0 Å². The first kappa shape index (κ1) is 22.2. The number of aliphatic hydroxyl groups is 2. The highest BCUT2D eigenvalue weighted by atomic mass is 16.3. The van der Waals surface area contributed by atoms with Crippen LogP contribution in [0.1, 0.15) is 98.8 Å². The van der Waals surface area contributed by atoms with Crippen LogP contribution < -0.4 is 0 Å². The molecule has 174 valence electrons. The SMILES string of the molecule is CC(C)=CCC[C@@H](C)[C@H]1CC[C@H]2[C@@H]3CC=C4C5(CC5)[C@@H](O)CC[C@]4(C)[C@H]3C[C@H](O)[C@]12C. The minimum Gasteiger partial charge on any atom is -0.393 e. The van der Waals surface area contributed by atoms with Gasteiger partial charge in [0, 0.05) is 5.41 Å². The maximum Gasteiger partial charge on any atom is 0.0634 e. The molecule has 0 aliphatic heterocycles. The highest BCUT2D eigenvalue weighted by Crippen LogP contribution is 2.72. The Balaban J connectivity index is 1.41. The van der Waals surface area contributed by atoms with Crippen molar-refractivity contribution in [3.63, 3.8) is 0 Å². The fraction of sp³-hybridized carbons (Fsp3) is 0.862. The Labute approximate surface area is 190 Å². The molecule has 9 atom stereocenters. The molecule has 0 aromatic carbocycles. The van der Waals surface area contributed by atoms with Crippen LogP contribution in [0.3, 0.4) is 0 Å². The summed E-state index contributed by atoms with van der Waals surface area (Å²) in [5.74, 6) is 3.32. The second-order valence-electron chi connectivity index (χ2n) is 13.0. The Hall–Kier alpha value is -0.600. The summed E-state index contributed by atoms with van der Waals surface area (Å²) in [6.07, 6.45) is 16.3. The van der Waals surface area contributed by atoms with Crippen molar-refractivity contribution in [2.75, 3.05) is 0 Å². The Morgan fingerprint density at radius 2 is 1.81 bits per heavy atom. The minimum atomic E-state index is -0.171. The maximum absolute atomic E-state index is 11.7.